The summed E-state index contributed by atoms with van der Waals surface area (Å²) >= 11 is 0. The number of esters is 3. The number of hydrogen-bond acceptors (Lipinski definition) is 10. The number of hydrogen-bond donors (Lipinski definition) is 4. The summed E-state index contributed by atoms with van der Waals surface area (Å²) in [7, 11) is -4.31. The van der Waals surface area contributed by atoms with E-state index in [4.69, 9.17) is 14.2 Å². The van der Waals surface area contributed by atoms with Crippen molar-refractivity contribution in [1.82, 2.24) is 16.0 Å². The second kappa shape index (κ2) is 20.1. The molecule has 0 saturated carbocycles. The molecule has 2 rings (SSSR count). The minimum Gasteiger partial charge on any atom is -0.460 e. The van der Waals surface area contributed by atoms with Gasteiger partial charge in [0.1, 0.15) is 35.4 Å². The molecule has 1 aromatic carbocycles. The third kappa shape index (κ3) is 17.1. The van der Waals surface area contributed by atoms with Gasteiger partial charge in [-0.15, -0.1) is 0 Å². The van der Waals surface area contributed by atoms with E-state index in [2.05, 4.69) is 20.5 Å². The highest BCUT2D eigenvalue weighted by Crippen LogP contribution is 2.40. The molecule has 0 saturated heterocycles. The Kier molecular flexibility index (Phi) is 17.3. The topological polar surface area (TPSA) is 207 Å². The molecular weight excluding hydrogens is 757 g/mol. The number of amides is 3. The second-order valence-electron chi connectivity index (χ2n) is 18.1. The van der Waals surface area contributed by atoms with Gasteiger partial charge in [0.15, 0.2) is 5.71 Å². The van der Waals surface area contributed by atoms with E-state index in [-0.39, 0.29) is 30.1 Å². The van der Waals surface area contributed by atoms with Crippen molar-refractivity contribution in [3.63, 3.8) is 0 Å². The molecule has 0 unspecified atom stereocenters. The van der Waals surface area contributed by atoms with Crippen LogP contribution in [0, 0.1) is 0 Å². The van der Waals surface area contributed by atoms with Crippen LogP contribution in [0.2, 0.25) is 0 Å². The first-order valence-corrected chi connectivity index (χ1v) is 21.2. The fourth-order valence-corrected chi connectivity index (χ4v) is 6.70. The zero-order valence-corrected chi connectivity index (χ0v) is 36.9. The molecule has 0 aliphatic carbocycles. The van der Waals surface area contributed by atoms with Crippen LogP contribution in [0.5, 0.6) is 0 Å². The van der Waals surface area contributed by atoms with Gasteiger partial charge in [0.25, 0.3) is 10.1 Å². The minimum absolute atomic E-state index is 0.0830. The predicted octanol–water partition coefficient (Wildman–Crippen LogP) is 6.02. The third-order valence-electron chi connectivity index (χ3n) is 9.12. The lowest BCUT2D eigenvalue weighted by molar-refractivity contribution is -0.439. The van der Waals surface area contributed by atoms with Gasteiger partial charge in [0.2, 0.25) is 11.6 Å². The summed E-state index contributed by atoms with van der Waals surface area (Å²) in [6.07, 6.45) is 3.61. The molecule has 0 bridgehead atoms. The molecule has 1 aliphatic heterocycles. The van der Waals surface area contributed by atoms with Gasteiger partial charge in [0, 0.05) is 44.4 Å². The molecule has 1 aliphatic rings. The Morgan fingerprint density at radius 3 is 1.82 bits per heavy atom. The molecule has 4 N–H and O–H groups in total. The van der Waals surface area contributed by atoms with Gasteiger partial charge in [0.05, 0.1) is 10.3 Å². The largest absolute Gasteiger partial charge is 0.460 e. The van der Waals surface area contributed by atoms with E-state index in [9.17, 15) is 36.9 Å². The van der Waals surface area contributed by atoms with Crippen LogP contribution in [0.4, 0.5) is 10.5 Å². The first-order chi connectivity index (χ1) is 26.0. The average Bonchev–Trinajstić information content (AvgIpc) is 3.22. The minimum atomic E-state index is -4.31. The maximum absolute atomic E-state index is 13.2. The Balaban J connectivity index is 1.88. The lowest BCUT2D eigenvalue weighted by atomic mass is 9.82. The summed E-state index contributed by atoms with van der Waals surface area (Å²) < 4.78 is 51.5. The van der Waals surface area contributed by atoms with Crippen molar-refractivity contribution in [2.24, 2.45) is 0 Å². The van der Waals surface area contributed by atoms with Gasteiger partial charge in [-0.2, -0.15) is 13.0 Å². The van der Waals surface area contributed by atoms with Crippen molar-refractivity contribution >= 4 is 51.4 Å². The van der Waals surface area contributed by atoms with Crippen LogP contribution >= 0.6 is 0 Å². The number of carbonyl (C=O) groups excluding carboxylic acids is 5. The Bertz CT molecular complexity index is 1750. The van der Waals surface area contributed by atoms with E-state index >= 15 is 0 Å². The molecular formula is C41H67N4O11S+. The van der Waals surface area contributed by atoms with Crippen molar-refractivity contribution in [3.05, 3.63) is 23.8 Å². The number of nitrogens with zero attached hydrogens (tertiary/aromatic N) is 1. The van der Waals surface area contributed by atoms with Crippen molar-refractivity contribution in [2.75, 3.05) is 13.1 Å². The van der Waals surface area contributed by atoms with Crippen LogP contribution in [0.25, 0.3) is 0 Å². The number of nitrogens with one attached hydrogen (secondary N) is 3. The Morgan fingerprint density at radius 1 is 0.754 bits per heavy atom. The maximum Gasteiger partial charge on any atom is 0.329 e. The molecule has 15 nitrogen and oxygen atoms in total. The number of benzene rings is 1. The summed E-state index contributed by atoms with van der Waals surface area (Å²) in [6.45, 7) is 22.5. The molecule has 3 amide bonds. The fraction of sp³-hybridized carbons (Fsp3) is 0.707. The zero-order chi connectivity index (χ0) is 43.6. The predicted molar refractivity (Wildman–Crippen MR) is 216 cm³/mol. The lowest BCUT2D eigenvalue weighted by Gasteiger charge is -2.27. The van der Waals surface area contributed by atoms with E-state index < -0.39 is 68.4 Å². The van der Waals surface area contributed by atoms with Crippen LogP contribution in [0.1, 0.15) is 146 Å². The monoisotopic (exact) mass is 823 g/mol. The lowest BCUT2D eigenvalue weighted by Crippen LogP contribution is -2.53. The molecule has 16 heteroatoms. The van der Waals surface area contributed by atoms with Crippen molar-refractivity contribution in [1.29, 1.82) is 0 Å². The number of unbranched alkanes of at least 4 members (excludes halogenated alkanes) is 3. The smallest absolute Gasteiger partial charge is 0.329 e. The molecule has 1 heterocycles. The van der Waals surface area contributed by atoms with Crippen LogP contribution in [0.3, 0.4) is 0 Å². The molecule has 1 aromatic rings. The summed E-state index contributed by atoms with van der Waals surface area (Å²) in [5, 5.41) is 8.08. The summed E-state index contributed by atoms with van der Waals surface area (Å²) in [4.78, 5) is 64.1. The summed E-state index contributed by atoms with van der Waals surface area (Å²) in [5.41, 5.74) is 0.0237. The second-order valence-corrected chi connectivity index (χ2v) is 19.5. The Labute approximate surface area is 339 Å². The molecule has 0 radical (unpaired) electrons. The SMILES string of the molecule is CC1=[N+](CCCCCC(=O)NCCCC[C@H](NC(=O)N[C@@H](CCC(=O)OC(C)(C)C)C(=O)OC(C)(C)C)C(=O)OC(C)(C)C)c2ccc(S(=O)(=O)O)cc2C1(C)C. The van der Waals surface area contributed by atoms with Gasteiger partial charge >= 0.3 is 23.9 Å². The molecule has 0 fully saturated rings. The fourth-order valence-electron chi connectivity index (χ4n) is 6.19. The van der Waals surface area contributed by atoms with E-state index in [1.807, 2.05) is 20.8 Å². The summed E-state index contributed by atoms with van der Waals surface area (Å²) in [6, 6.07) is 1.62. The van der Waals surface area contributed by atoms with Crippen LogP contribution in [-0.2, 0) is 48.9 Å². The van der Waals surface area contributed by atoms with Gasteiger partial charge < -0.3 is 30.2 Å². The van der Waals surface area contributed by atoms with Crippen molar-refractivity contribution in [2.45, 2.75) is 180 Å². The highest BCUT2D eigenvalue weighted by molar-refractivity contribution is 7.85. The average molecular weight is 824 g/mol. The molecule has 0 aromatic heterocycles. The third-order valence-corrected chi connectivity index (χ3v) is 9.97. The number of urea groups is 1. The van der Waals surface area contributed by atoms with E-state index in [0.29, 0.717) is 38.8 Å². The van der Waals surface area contributed by atoms with Crippen LogP contribution < -0.4 is 16.0 Å². The maximum atomic E-state index is 13.2. The first kappa shape index (κ1) is 49.1. The van der Waals surface area contributed by atoms with Crippen molar-refractivity contribution < 1.29 is 55.7 Å². The Hall–Kier alpha value is -4.05. The number of ether oxygens (including phenoxy) is 3. The van der Waals surface area contributed by atoms with E-state index in [0.717, 1.165) is 29.8 Å². The molecule has 322 valence electrons. The number of fused-ring (bicyclic) bond motifs is 1. The van der Waals surface area contributed by atoms with E-state index in [1.54, 1.807) is 68.4 Å². The van der Waals surface area contributed by atoms with Gasteiger partial charge in [-0.05, 0) is 127 Å². The number of rotatable bonds is 19. The van der Waals surface area contributed by atoms with Gasteiger partial charge in [-0.1, -0.05) is 0 Å². The molecule has 0 spiro atoms. The van der Waals surface area contributed by atoms with Gasteiger partial charge in [-0.3, -0.25) is 14.1 Å². The summed E-state index contributed by atoms with van der Waals surface area (Å²) in [5.74, 6) is -2.02. The molecule has 2 atom stereocenters. The Morgan fingerprint density at radius 2 is 1.30 bits per heavy atom. The normalized spacial score (nSPS) is 15.2. The van der Waals surface area contributed by atoms with Crippen molar-refractivity contribution in [3.8, 4) is 0 Å². The van der Waals surface area contributed by atoms with Gasteiger partial charge in [-0.25, -0.2) is 14.4 Å². The standard InChI is InChI=1S/C41H66N4O11S/c1-27-41(11,12)29-26-28(57(51,52)53)20-22-32(29)45(27)25-17-13-14-19-33(46)42-24-16-15-18-30(35(48)55-39(5,6)7)43-37(50)44-31(36(49)56-40(8,9)10)21-23-34(47)54-38(2,3)4/h20,22,26,30-31H,13-19,21,23-25H2,1-12H3,(H3-,42,43,44,46,50,51,52,53)/p+1/t30-,31-/m0/s1. The quantitative estimate of drug-likeness (QED) is 0.0417. The van der Waals surface area contributed by atoms with Crippen LogP contribution in [-0.4, -0.2) is 95.1 Å². The van der Waals surface area contributed by atoms with Crippen LogP contribution in [0.15, 0.2) is 23.1 Å². The zero-order valence-electron chi connectivity index (χ0n) is 36.1. The number of carbonyl (C=O) groups is 5. The molecule has 57 heavy (non-hydrogen) atoms. The highest BCUT2D eigenvalue weighted by Gasteiger charge is 2.43. The first-order valence-electron chi connectivity index (χ1n) is 19.7. The van der Waals surface area contributed by atoms with E-state index in [1.165, 1.54) is 12.1 Å². The highest BCUT2D eigenvalue weighted by atomic mass is 32.2.